The van der Waals surface area contributed by atoms with Gasteiger partial charge in [-0.3, -0.25) is 4.79 Å². The number of rotatable bonds is 2. The van der Waals surface area contributed by atoms with Crippen molar-refractivity contribution >= 4 is 46.4 Å². The molecule has 0 fully saturated rings. The Morgan fingerprint density at radius 1 is 1.21 bits per heavy atom. The number of aromatic nitrogens is 1. The van der Waals surface area contributed by atoms with Gasteiger partial charge in [0.15, 0.2) is 0 Å². The van der Waals surface area contributed by atoms with Crippen LogP contribution in [0.1, 0.15) is 15.9 Å². The summed E-state index contributed by atoms with van der Waals surface area (Å²) in [6.07, 6.45) is 1.48. The van der Waals surface area contributed by atoms with Crippen molar-refractivity contribution in [2.45, 2.75) is 6.92 Å². The third kappa shape index (κ3) is 3.38. The first-order valence-electron chi connectivity index (χ1n) is 5.36. The molecule has 0 aliphatic heterocycles. The highest BCUT2D eigenvalue weighted by molar-refractivity contribution is 6.36. The Morgan fingerprint density at radius 3 is 2.63 bits per heavy atom. The Morgan fingerprint density at radius 2 is 1.95 bits per heavy atom. The predicted octanol–water partition coefficient (Wildman–Crippen LogP) is 4.60. The van der Waals surface area contributed by atoms with E-state index in [4.69, 9.17) is 34.8 Å². The average Bonchev–Trinajstić information content (AvgIpc) is 2.36. The van der Waals surface area contributed by atoms with Crippen LogP contribution in [0.25, 0.3) is 0 Å². The maximum Gasteiger partial charge on any atom is 0.257 e. The van der Waals surface area contributed by atoms with E-state index < -0.39 is 0 Å². The van der Waals surface area contributed by atoms with Gasteiger partial charge < -0.3 is 5.32 Å². The van der Waals surface area contributed by atoms with Crippen molar-refractivity contribution in [2.24, 2.45) is 0 Å². The van der Waals surface area contributed by atoms with Crippen LogP contribution in [0, 0.1) is 6.92 Å². The molecule has 0 radical (unpaired) electrons. The van der Waals surface area contributed by atoms with Crippen LogP contribution in [-0.2, 0) is 0 Å². The number of carbonyl (C=O) groups is 1. The van der Waals surface area contributed by atoms with Gasteiger partial charge in [0.25, 0.3) is 5.91 Å². The molecular weight excluding hydrogens is 307 g/mol. The lowest BCUT2D eigenvalue weighted by molar-refractivity contribution is 0.102. The van der Waals surface area contributed by atoms with Crippen molar-refractivity contribution in [1.29, 1.82) is 0 Å². The molecule has 0 atom stereocenters. The maximum atomic E-state index is 12.1. The number of halogens is 3. The quantitative estimate of drug-likeness (QED) is 0.823. The fourth-order valence-electron chi connectivity index (χ4n) is 1.50. The number of amides is 1. The van der Waals surface area contributed by atoms with Crippen LogP contribution >= 0.6 is 34.8 Å². The molecule has 0 saturated carbocycles. The van der Waals surface area contributed by atoms with E-state index in [-0.39, 0.29) is 5.91 Å². The summed E-state index contributed by atoms with van der Waals surface area (Å²) in [5.74, 6) is -0.351. The van der Waals surface area contributed by atoms with Crippen molar-refractivity contribution in [3.05, 3.63) is 56.8 Å². The molecule has 1 aromatic carbocycles. The normalized spacial score (nSPS) is 10.3. The highest BCUT2D eigenvalue weighted by Crippen LogP contribution is 2.22. The van der Waals surface area contributed by atoms with E-state index in [1.54, 1.807) is 25.1 Å². The number of hydrogen-bond acceptors (Lipinski definition) is 2. The molecule has 1 amide bonds. The number of anilines is 1. The van der Waals surface area contributed by atoms with E-state index >= 15 is 0 Å². The summed E-state index contributed by atoms with van der Waals surface area (Å²) in [4.78, 5) is 16.0. The number of benzene rings is 1. The van der Waals surface area contributed by atoms with Crippen molar-refractivity contribution in [2.75, 3.05) is 5.32 Å². The summed E-state index contributed by atoms with van der Waals surface area (Å²) in [6, 6.07) is 6.43. The van der Waals surface area contributed by atoms with E-state index in [1.165, 1.54) is 12.3 Å². The fourth-order valence-corrected chi connectivity index (χ4v) is 1.98. The minimum atomic E-state index is -0.351. The van der Waals surface area contributed by atoms with Gasteiger partial charge in [-0.1, -0.05) is 34.8 Å². The van der Waals surface area contributed by atoms with Crippen molar-refractivity contribution < 1.29 is 4.79 Å². The Hall–Kier alpha value is -1.29. The lowest BCUT2D eigenvalue weighted by Gasteiger charge is -2.08. The molecule has 0 spiro atoms. The van der Waals surface area contributed by atoms with Gasteiger partial charge in [-0.25, -0.2) is 4.98 Å². The van der Waals surface area contributed by atoms with Crippen LogP contribution in [0.4, 0.5) is 5.69 Å². The largest absolute Gasteiger partial charge is 0.321 e. The topological polar surface area (TPSA) is 42.0 Å². The summed E-state index contributed by atoms with van der Waals surface area (Å²) in [5.41, 5.74) is 1.63. The molecule has 0 aliphatic rings. The van der Waals surface area contributed by atoms with E-state index in [9.17, 15) is 4.79 Å². The second kappa shape index (κ2) is 5.78. The van der Waals surface area contributed by atoms with E-state index in [2.05, 4.69) is 10.3 Å². The summed E-state index contributed by atoms with van der Waals surface area (Å²) < 4.78 is 0. The van der Waals surface area contributed by atoms with E-state index in [1.807, 2.05) is 0 Å². The third-order valence-corrected chi connectivity index (χ3v) is 3.41. The Balaban J connectivity index is 2.25. The number of aryl methyl sites for hydroxylation is 1. The molecular formula is C13H9Cl3N2O. The number of nitrogens with one attached hydrogen (secondary N) is 1. The molecule has 1 heterocycles. The van der Waals surface area contributed by atoms with E-state index in [0.717, 1.165) is 5.56 Å². The maximum absolute atomic E-state index is 12.1. The summed E-state index contributed by atoms with van der Waals surface area (Å²) in [5, 5.41) is 3.87. The molecule has 0 saturated heterocycles. The summed E-state index contributed by atoms with van der Waals surface area (Å²) in [7, 11) is 0. The zero-order chi connectivity index (χ0) is 14.0. The van der Waals surface area contributed by atoms with Crippen LogP contribution in [0.3, 0.4) is 0 Å². The molecule has 0 aliphatic carbocycles. The number of carbonyl (C=O) groups excluding carboxylic acids is 1. The lowest BCUT2D eigenvalue weighted by Crippen LogP contribution is -2.12. The van der Waals surface area contributed by atoms with Crippen molar-refractivity contribution in [3.63, 3.8) is 0 Å². The zero-order valence-corrected chi connectivity index (χ0v) is 12.1. The van der Waals surface area contributed by atoms with Gasteiger partial charge >= 0.3 is 0 Å². The average molecular weight is 316 g/mol. The first-order valence-corrected chi connectivity index (χ1v) is 6.49. The second-order valence-corrected chi connectivity index (χ2v) is 5.11. The number of nitrogens with zero attached hydrogens (tertiary/aromatic N) is 1. The highest BCUT2D eigenvalue weighted by atomic mass is 35.5. The molecule has 1 aromatic heterocycles. The van der Waals surface area contributed by atoms with Gasteiger partial charge in [0.1, 0.15) is 5.15 Å². The van der Waals surface area contributed by atoms with Crippen LogP contribution in [0.5, 0.6) is 0 Å². The van der Waals surface area contributed by atoms with Crippen molar-refractivity contribution in [1.82, 2.24) is 4.98 Å². The second-order valence-electron chi connectivity index (χ2n) is 3.91. The molecule has 6 heteroatoms. The molecule has 3 nitrogen and oxygen atoms in total. The molecule has 2 aromatic rings. The van der Waals surface area contributed by atoms with E-state index in [0.29, 0.717) is 26.4 Å². The Kier molecular flexibility index (Phi) is 4.30. The van der Waals surface area contributed by atoms with Crippen molar-refractivity contribution in [3.8, 4) is 0 Å². The number of hydrogen-bond donors (Lipinski definition) is 1. The predicted molar refractivity (Wildman–Crippen MR) is 78.4 cm³/mol. The van der Waals surface area contributed by atoms with Crippen LogP contribution in [-0.4, -0.2) is 10.9 Å². The first-order chi connectivity index (χ1) is 8.97. The van der Waals surface area contributed by atoms with Gasteiger partial charge in [-0.2, -0.15) is 0 Å². The monoisotopic (exact) mass is 314 g/mol. The molecule has 0 bridgehead atoms. The van der Waals surface area contributed by atoms with Crippen LogP contribution < -0.4 is 5.32 Å². The smallest absolute Gasteiger partial charge is 0.257 e. The minimum absolute atomic E-state index is 0.307. The minimum Gasteiger partial charge on any atom is -0.321 e. The standard InChI is InChI=1S/C13H9Cl3N2O/c1-7-4-9(6-17-12(7)16)18-13(19)10-5-8(14)2-3-11(10)15/h2-6H,1H3,(H,18,19). The summed E-state index contributed by atoms with van der Waals surface area (Å²) in [6.45, 7) is 1.80. The molecule has 1 N–H and O–H groups in total. The van der Waals surface area contributed by atoms with Crippen LogP contribution in [0.15, 0.2) is 30.5 Å². The first kappa shape index (κ1) is 14.1. The fraction of sp³-hybridized carbons (Fsp3) is 0.0769. The van der Waals surface area contributed by atoms with Gasteiger partial charge in [0, 0.05) is 5.02 Å². The van der Waals surface area contributed by atoms with Gasteiger partial charge in [-0.05, 0) is 36.8 Å². The number of pyridine rings is 1. The van der Waals surface area contributed by atoms with Gasteiger partial charge in [0.2, 0.25) is 0 Å². The molecule has 0 unspecified atom stereocenters. The molecule has 98 valence electrons. The van der Waals surface area contributed by atoms with Gasteiger partial charge in [0.05, 0.1) is 22.5 Å². The van der Waals surface area contributed by atoms with Crippen LogP contribution in [0.2, 0.25) is 15.2 Å². The highest BCUT2D eigenvalue weighted by Gasteiger charge is 2.12. The summed E-state index contributed by atoms with van der Waals surface area (Å²) >= 11 is 17.6. The Bertz CT molecular complexity index is 644. The third-order valence-electron chi connectivity index (χ3n) is 2.45. The zero-order valence-electron chi connectivity index (χ0n) is 9.88. The lowest BCUT2D eigenvalue weighted by atomic mass is 10.2. The van der Waals surface area contributed by atoms with Gasteiger partial charge in [-0.15, -0.1) is 0 Å². The Labute approximate surface area is 125 Å². The molecule has 19 heavy (non-hydrogen) atoms. The SMILES string of the molecule is Cc1cc(NC(=O)c2cc(Cl)ccc2Cl)cnc1Cl. The molecule has 2 rings (SSSR count).